The number of carbonyl (C=O) groups excluding carboxylic acids is 1. The highest BCUT2D eigenvalue weighted by Gasteiger charge is 2.31. The molecule has 138 valence electrons. The molecule has 1 fully saturated rings. The van der Waals surface area contributed by atoms with Crippen molar-refractivity contribution in [2.24, 2.45) is 10.4 Å². The fourth-order valence-electron chi connectivity index (χ4n) is 1.91. The van der Waals surface area contributed by atoms with Crippen LogP contribution in [0.4, 0.5) is 5.82 Å². The van der Waals surface area contributed by atoms with Gasteiger partial charge in [0.25, 0.3) is 0 Å². The number of aliphatic imine (C=N–C) groups is 1. The Morgan fingerprint density at radius 1 is 1.52 bits per heavy atom. The lowest BCUT2D eigenvalue weighted by molar-refractivity contribution is -0.167. The molecular weight excluding hydrogens is 328 g/mol. The molecule has 1 aliphatic rings. The molecule has 0 amide bonds. The molecule has 9 nitrogen and oxygen atoms in total. The maximum Gasteiger partial charge on any atom is 0.351 e. The molecule has 1 aliphatic heterocycles. The summed E-state index contributed by atoms with van der Waals surface area (Å²) in [5.41, 5.74) is -1.09. The van der Waals surface area contributed by atoms with Crippen LogP contribution in [0.2, 0.25) is 0 Å². The Bertz CT molecular complexity index is 693. The van der Waals surface area contributed by atoms with Crippen molar-refractivity contribution in [1.29, 1.82) is 0 Å². The van der Waals surface area contributed by atoms with Crippen LogP contribution in [-0.4, -0.2) is 60.4 Å². The molecule has 0 aromatic carbocycles. The van der Waals surface area contributed by atoms with Crippen LogP contribution in [-0.2, 0) is 19.0 Å². The van der Waals surface area contributed by atoms with E-state index in [1.165, 1.54) is 4.57 Å². The molecule has 0 unspecified atom stereocenters. The number of rotatable bonds is 5. The van der Waals surface area contributed by atoms with Crippen LogP contribution in [0.3, 0.4) is 0 Å². The van der Waals surface area contributed by atoms with Crippen molar-refractivity contribution >= 4 is 18.1 Å². The summed E-state index contributed by atoms with van der Waals surface area (Å²) in [6.45, 7) is 5.43. The summed E-state index contributed by atoms with van der Waals surface area (Å²) in [5, 5.41) is 0. The van der Waals surface area contributed by atoms with Gasteiger partial charge in [-0.05, 0) is 26.8 Å². The lowest BCUT2D eigenvalue weighted by Gasteiger charge is -2.18. The number of hydrogen-bond donors (Lipinski definition) is 0. The average Bonchev–Trinajstić information content (AvgIpc) is 2.98. The van der Waals surface area contributed by atoms with Crippen LogP contribution in [0.1, 0.15) is 27.0 Å². The van der Waals surface area contributed by atoms with Gasteiger partial charge in [-0.3, -0.25) is 9.36 Å². The quantitative estimate of drug-likeness (QED) is 0.442. The number of hydrogen-bond acceptors (Lipinski definition) is 7. The zero-order valence-electron chi connectivity index (χ0n) is 15.1. The summed E-state index contributed by atoms with van der Waals surface area (Å²) in [7, 11) is 3.64. The van der Waals surface area contributed by atoms with Gasteiger partial charge in [-0.25, -0.2) is 9.79 Å². The largest absolute Gasteiger partial charge is 0.460 e. The normalized spacial score (nSPS) is 20.8. The first-order valence-corrected chi connectivity index (χ1v) is 7.91. The summed E-state index contributed by atoms with van der Waals surface area (Å²) >= 11 is 0. The molecule has 1 saturated heterocycles. The second kappa shape index (κ2) is 7.75. The van der Waals surface area contributed by atoms with E-state index in [2.05, 4.69) is 9.98 Å². The van der Waals surface area contributed by atoms with Crippen LogP contribution in [0.5, 0.6) is 0 Å². The van der Waals surface area contributed by atoms with E-state index in [9.17, 15) is 9.59 Å². The minimum Gasteiger partial charge on any atom is -0.460 e. The van der Waals surface area contributed by atoms with Crippen molar-refractivity contribution in [2.45, 2.75) is 33.3 Å². The van der Waals surface area contributed by atoms with Crippen molar-refractivity contribution in [3.8, 4) is 0 Å². The molecule has 0 spiro atoms. The zero-order chi connectivity index (χ0) is 18.6. The van der Waals surface area contributed by atoms with E-state index in [-0.39, 0.29) is 19.2 Å². The van der Waals surface area contributed by atoms with Gasteiger partial charge in [0.2, 0.25) is 0 Å². The number of carbonyl (C=O) groups is 1. The minimum absolute atomic E-state index is 0.0278. The fourth-order valence-corrected chi connectivity index (χ4v) is 1.91. The number of esters is 1. The van der Waals surface area contributed by atoms with E-state index in [0.29, 0.717) is 5.82 Å². The lowest BCUT2D eigenvalue weighted by Crippen LogP contribution is -2.29. The lowest BCUT2D eigenvalue weighted by atomic mass is 9.97. The van der Waals surface area contributed by atoms with Gasteiger partial charge >= 0.3 is 11.7 Å². The van der Waals surface area contributed by atoms with E-state index in [1.54, 1.807) is 44.3 Å². The van der Waals surface area contributed by atoms with Gasteiger partial charge in [-0.2, -0.15) is 4.98 Å². The Hall–Kier alpha value is -2.26. The average molecular weight is 352 g/mol. The minimum atomic E-state index is -0.713. The summed E-state index contributed by atoms with van der Waals surface area (Å²) < 4.78 is 17.5. The molecule has 2 atom stereocenters. The van der Waals surface area contributed by atoms with E-state index in [0.717, 1.165) is 0 Å². The highest BCUT2D eigenvalue weighted by molar-refractivity contribution is 5.75. The SMILES string of the molecule is CN(C)C=Nc1ccn([C@@H]2CO[C@H](COC(=O)C(C)(C)C)O2)c(=O)n1. The number of nitrogens with zero attached hydrogens (tertiary/aromatic N) is 4. The van der Waals surface area contributed by atoms with Crippen LogP contribution in [0, 0.1) is 5.41 Å². The zero-order valence-corrected chi connectivity index (χ0v) is 15.1. The monoisotopic (exact) mass is 352 g/mol. The topological polar surface area (TPSA) is 95.3 Å². The Labute approximate surface area is 146 Å². The van der Waals surface area contributed by atoms with Gasteiger partial charge in [0.15, 0.2) is 18.3 Å². The molecule has 25 heavy (non-hydrogen) atoms. The molecular formula is C16H24N4O5. The Balaban J connectivity index is 1.95. The van der Waals surface area contributed by atoms with Gasteiger partial charge in [-0.15, -0.1) is 0 Å². The van der Waals surface area contributed by atoms with E-state index in [1.807, 2.05) is 14.1 Å². The smallest absolute Gasteiger partial charge is 0.351 e. The highest BCUT2D eigenvalue weighted by Crippen LogP contribution is 2.21. The molecule has 2 heterocycles. The summed E-state index contributed by atoms with van der Waals surface area (Å²) in [5.74, 6) is -0.0328. The molecule has 9 heteroatoms. The Morgan fingerprint density at radius 2 is 2.24 bits per heavy atom. The van der Waals surface area contributed by atoms with E-state index < -0.39 is 23.6 Å². The van der Waals surface area contributed by atoms with Crippen molar-refractivity contribution in [2.75, 3.05) is 27.3 Å². The first kappa shape index (κ1) is 19.1. The molecule has 0 bridgehead atoms. The van der Waals surface area contributed by atoms with Gasteiger partial charge in [0.05, 0.1) is 18.4 Å². The molecule has 0 saturated carbocycles. The molecule has 0 aliphatic carbocycles. The van der Waals surface area contributed by atoms with Gasteiger partial charge in [0, 0.05) is 20.3 Å². The summed E-state index contributed by atoms with van der Waals surface area (Å²) in [4.78, 5) is 33.6. The summed E-state index contributed by atoms with van der Waals surface area (Å²) in [6.07, 6.45) is 1.77. The van der Waals surface area contributed by atoms with E-state index >= 15 is 0 Å². The predicted octanol–water partition coefficient (Wildman–Crippen LogP) is 0.925. The van der Waals surface area contributed by atoms with Crippen molar-refractivity contribution < 1.29 is 19.0 Å². The van der Waals surface area contributed by atoms with Crippen LogP contribution >= 0.6 is 0 Å². The maximum atomic E-state index is 12.1. The Kier molecular flexibility index (Phi) is 5.91. The Morgan fingerprint density at radius 3 is 2.84 bits per heavy atom. The van der Waals surface area contributed by atoms with Crippen molar-refractivity contribution in [1.82, 2.24) is 14.5 Å². The number of ether oxygens (including phenoxy) is 3. The molecule has 0 N–H and O–H groups in total. The maximum absolute atomic E-state index is 12.1. The molecule has 0 radical (unpaired) electrons. The third-order valence-electron chi connectivity index (χ3n) is 3.24. The van der Waals surface area contributed by atoms with Crippen LogP contribution in [0.15, 0.2) is 22.1 Å². The molecule has 1 aromatic rings. The van der Waals surface area contributed by atoms with Crippen molar-refractivity contribution in [3.63, 3.8) is 0 Å². The predicted molar refractivity (Wildman–Crippen MR) is 90.6 cm³/mol. The highest BCUT2D eigenvalue weighted by atomic mass is 16.7. The second-order valence-electron chi connectivity index (χ2n) is 6.89. The van der Waals surface area contributed by atoms with Crippen molar-refractivity contribution in [3.05, 3.63) is 22.7 Å². The van der Waals surface area contributed by atoms with Gasteiger partial charge < -0.3 is 19.1 Å². The standard InChI is InChI=1S/C16H24N4O5/c1-16(2,3)14(21)24-9-13-23-8-12(25-13)20-7-6-11(18-15(20)22)17-10-19(4)5/h6-7,10,12-13H,8-9H2,1-5H3/t12-,13-/m0/s1. The number of aromatic nitrogens is 2. The first-order chi connectivity index (χ1) is 11.7. The van der Waals surface area contributed by atoms with E-state index in [4.69, 9.17) is 14.2 Å². The van der Waals surface area contributed by atoms with Gasteiger partial charge in [0.1, 0.15) is 6.61 Å². The van der Waals surface area contributed by atoms with Gasteiger partial charge in [-0.1, -0.05) is 0 Å². The molecule has 1 aromatic heterocycles. The second-order valence-corrected chi connectivity index (χ2v) is 6.89. The third-order valence-corrected chi connectivity index (χ3v) is 3.24. The first-order valence-electron chi connectivity index (χ1n) is 7.91. The molecule has 2 rings (SSSR count). The van der Waals surface area contributed by atoms with Crippen LogP contribution in [0.25, 0.3) is 0 Å². The van der Waals surface area contributed by atoms with Crippen LogP contribution < -0.4 is 5.69 Å². The third kappa shape index (κ3) is 5.36. The fraction of sp³-hybridized carbons (Fsp3) is 0.625. The summed E-state index contributed by atoms with van der Waals surface area (Å²) in [6, 6.07) is 1.61.